The van der Waals surface area contributed by atoms with Gasteiger partial charge >= 0.3 is 0 Å². The minimum atomic E-state index is -0.121. The Hall–Kier alpha value is -1.26. The van der Waals surface area contributed by atoms with E-state index in [1.165, 1.54) is 0 Å². The fourth-order valence-corrected chi connectivity index (χ4v) is 1.46. The average molecular weight is 257 g/mol. The van der Waals surface area contributed by atoms with E-state index in [-0.39, 0.29) is 11.9 Å². The molecule has 0 aromatic heterocycles. The molecule has 17 heavy (non-hydrogen) atoms. The largest absolute Gasteiger partial charge is 0.492 e. The molecule has 1 amide bonds. The van der Waals surface area contributed by atoms with Crippen molar-refractivity contribution in [2.24, 2.45) is 5.73 Å². The van der Waals surface area contributed by atoms with Crippen LogP contribution >= 0.6 is 11.6 Å². The van der Waals surface area contributed by atoms with Gasteiger partial charge in [-0.05, 0) is 25.1 Å². The minimum absolute atomic E-state index is 0.0605. The van der Waals surface area contributed by atoms with Crippen molar-refractivity contribution in [3.05, 3.63) is 29.3 Å². The molecule has 0 radical (unpaired) electrons. The summed E-state index contributed by atoms with van der Waals surface area (Å²) >= 11 is 5.80. The van der Waals surface area contributed by atoms with E-state index in [0.717, 1.165) is 0 Å². The molecule has 1 rings (SSSR count). The van der Waals surface area contributed by atoms with Crippen LogP contribution in [-0.4, -0.2) is 25.1 Å². The standard InChI is InChI=1S/C12H17ClN2O2/c1-9(14)7-12(16)15-5-6-17-11-4-2-3-10(13)8-11/h2-4,8-9H,5-7,14H2,1H3,(H,15,16). The zero-order chi connectivity index (χ0) is 12.7. The van der Waals surface area contributed by atoms with Crippen LogP contribution < -0.4 is 15.8 Å². The van der Waals surface area contributed by atoms with E-state index in [2.05, 4.69) is 5.32 Å². The number of nitrogens with two attached hydrogens (primary N) is 1. The van der Waals surface area contributed by atoms with Gasteiger partial charge in [-0.3, -0.25) is 4.79 Å². The normalized spacial score (nSPS) is 11.9. The van der Waals surface area contributed by atoms with E-state index in [1.807, 2.05) is 12.1 Å². The number of carbonyl (C=O) groups excluding carboxylic acids is 1. The lowest BCUT2D eigenvalue weighted by Gasteiger charge is -2.09. The maximum Gasteiger partial charge on any atom is 0.221 e. The highest BCUT2D eigenvalue weighted by atomic mass is 35.5. The van der Waals surface area contributed by atoms with Gasteiger partial charge < -0.3 is 15.8 Å². The van der Waals surface area contributed by atoms with E-state index in [0.29, 0.717) is 30.3 Å². The van der Waals surface area contributed by atoms with Gasteiger partial charge in [-0.25, -0.2) is 0 Å². The van der Waals surface area contributed by atoms with Crippen molar-refractivity contribution in [3.8, 4) is 5.75 Å². The van der Waals surface area contributed by atoms with Crippen LogP contribution in [-0.2, 0) is 4.79 Å². The number of halogens is 1. The molecule has 0 fully saturated rings. The molecule has 0 aliphatic carbocycles. The number of benzene rings is 1. The Balaban J connectivity index is 2.18. The number of carbonyl (C=O) groups is 1. The Morgan fingerprint density at radius 1 is 1.59 bits per heavy atom. The van der Waals surface area contributed by atoms with Crippen LogP contribution in [0, 0.1) is 0 Å². The Bertz CT molecular complexity index is 369. The van der Waals surface area contributed by atoms with Gasteiger partial charge in [0.25, 0.3) is 0 Å². The summed E-state index contributed by atoms with van der Waals surface area (Å²) in [5.41, 5.74) is 5.50. The van der Waals surface area contributed by atoms with Crippen molar-refractivity contribution in [1.82, 2.24) is 5.32 Å². The Morgan fingerprint density at radius 2 is 2.35 bits per heavy atom. The molecule has 0 aliphatic rings. The van der Waals surface area contributed by atoms with Gasteiger partial charge in [0.2, 0.25) is 5.91 Å². The summed E-state index contributed by atoms with van der Waals surface area (Å²) in [5, 5.41) is 3.35. The van der Waals surface area contributed by atoms with Crippen LogP contribution in [0.15, 0.2) is 24.3 Å². The Morgan fingerprint density at radius 3 is 3.00 bits per heavy atom. The zero-order valence-electron chi connectivity index (χ0n) is 9.78. The lowest BCUT2D eigenvalue weighted by atomic mass is 10.2. The Labute approximate surface area is 106 Å². The third kappa shape index (κ3) is 6.14. The van der Waals surface area contributed by atoms with Crippen molar-refractivity contribution in [1.29, 1.82) is 0 Å². The van der Waals surface area contributed by atoms with Crippen LogP contribution in [0.1, 0.15) is 13.3 Å². The number of hydrogen-bond donors (Lipinski definition) is 2. The molecule has 0 saturated heterocycles. The summed E-state index contributed by atoms with van der Waals surface area (Å²) in [5.74, 6) is 0.633. The Kier molecular flexibility index (Phi) is 5.80. The van der Waals surface area contributed by atoms with Gasteiger partial charge in [-0.15, -0.1) is 0 Å². The molecule has 1 aromatic carbocycles. The van der Waals surface area contributed by atoms with Crippen LogP contribution in [0.5, 0.6) is 5.75 Å². The molecule has 1 unspecified atom stereocenters. The smallest absolute Gasteiger partial charge is 0.221 e. The van der Waals surface area contributed by atoms with Crippen LogP contribution in [0.4, 0.5) is 0 Å². The third-order valence-electron chi connectivity index (χ3n) is 2.00. The molecular formula is C12H17ClN2O2. The van der Waals surface area contributed by atoms with E-state index < -0.39 is 0 Å². The highest BCUT2D eigenvalue weighted by Gasteiger charge is 2.03. The molecule has 0 spiro atoms. The first-order chi connectivity index (χ1) is 8.08. The van der Waals surface area contributed by atoms with E-state index in [1.54, 1.807) is 19.1 Å². The summed E-state index contributed by atoms with van der Waals surface area (Å²) in [6.07, 6.45) is 0.331. The summed E-state index contributed by atoms with van der Waals surface area (Å²) in [4.78, 5) is 11.3. The van der Waals surface area contributed by atoms with Gasteiger partial charge in [0.1, 0.15) is 12.4 Å². The molecule has 5 heteroatoms. The molecule has 3 N–H and O–H groups in total. The van der Waals surface area contributed by atoms with Gasteiger partial charge in [0.05, 0.1) is 6.54 Å². The second kappa shape index (κ2) is 7.14. The average Bonchev–Trinajstić information content (AvgIpc) is 2.23. The van der Waals surface area contributed by atoms with E-state index >= 15 is 0 Å². The van der Waals surface area contributed by atoms with Crippen molar-refractivity contribution >= 4 is 17.5 Å². The number of rotatable bonds is 6. The minimum Gasteiger partial charge on any atom is -0.492 e. The van der Waals surface area contributed by atoms with Gasteiger partial charge in [0.15, 0.2) is 0 Å². The van der Waals surface area contributed by atoms with Crippen LogP contribution in [0.2, 0.25) is 5.02 Å². The quantitative estimate of drug-likeness (QED) is 0.760. The van der Waals surface area contributed by atoms with Crippen molar-refractivity contribution in [2.75, 3.05) is 13.2 Å². The molecule has 0 heterocycles. The fraction of sp³-hybridized carbons (Fsp3) is 0.417. The van der Waals surface area contributed by atoms with E-state index in [4.69, 9.17) is 22.1 Å². The summed E-state index contributed by atoms with van der Waals surface area (Å²) in [7, 11) is 0. The molecule has 4 nitrogen and oxygen atoms in total. The lowest BCUT2D eigenvalue weighted by molar-refractivity contribution is -0.121. The predicted octanol–water partition coefficient (Wildman–Crippen LogP) is 1.57. The second-order valence-corrected chi connectivity index (χ2v) is 4.27. The van der Waals surface area contributed by atoms with E-state index in [9.17, 15) is 4.79 Å². The second-order valence-electron chi connectivity index (χ2n) is 3.84. The topological polar surface area (TPSA) is 64.4 Å². The SMILES string of the molecule is CC(N)CC(=O)NCCOc1cccc(Cl)c1. The van der Waals surface area contributed by atoms with Crippen molar-refractivity contribution in [2.45, 2.75) is 19.4 Å². The molecule has 94 valence electrons. The molecule has 0 saturated carbocycles. The number of ether oxygens (including phenoxy) is 1. The fourth-order valence-electron chi connectivity index (χ4n) is 1.28. The first-order valence-corrected chi connectivity index (χ1v) is 5.86. The van der Waals surface area contributed by atoms with Crippen LogP contribution in [0.3, 0.4) is 0 Å². The zero-order valence-corrected chi connectivity index (χ0v) is 10.5. The maximum atomic E-state index is 11.3. The van der Waals surface area contributed by atoms with Gasteiger partial charge in [0, 0.05) is 17.5 Å². The summed E-state index contributed by atoms with van der Waals surface area (Å²) in [6.45, 7) is 2.66. The predicted molar refractivity (Wildman–Crippen MR) is 68.2 cm³/mol. The van der Waals surface area contributed by atoms with Gasteiger partial charge in [-0.1, -0.05) is 17.7 Å². The monoisotopic (exact) mass is 256 g/mol. The summed E-state index contributed by atoms with van der Waals surface area (Å²) in [6, 6.07) is 7.01. The first kappa shape index (κ1) is 13.8. The number of nitrogens with one attached hydrogen (secondary N) is 1. The lowest BCUT2D eigenvalue weighted by Crippen LogP contribution is -2.32. The summed E-state index contributed by atoms with van der Waals surface area (Å²) < 4.78 is 5.41. The molecule has 0 aliphatic heterocycles. The van der Waals surface area contributed by atoms with Crippen LogP contribution in [0.25, 0.3) is 0 Å². The highest BCUT2D eigenvalue weighted by molar-refractivity contribution is 6.30. The number of amides is 1. The van der Waals surface area contributed by atoms with Gasteiger partial charge in [-0.2, -0.15) is 0 Å². The third-order valence-corrected chi connectivity index (χ3v) is 2.23. The highest BCUT2D eigenvalue weighted by Crippen LogP contribution is 2.16. The van der Waals surface area contributed by atoms with Crippen molar-refractivity contribution in [3.63, 3.8) is 0 Å². The molecule has 1 aromatic rings. The molecule has 1 atom stereocenters. The maximum absolute atomic E-state index is 11.3. The first-order valence-electron chi connectivity index (χ1n) is 5.48. The molecular weight excluding hydrogens is 240 g/mol. The van der Waals surface area contributed by atoms with Crippen molar-refractivity contribution < 1.29 is 9.53 Å². The molecule has 0 bridgehead atoms. The number of hydrogen-bond acceptors (Lipinski definition) is 3.